The van der Waals surface area contributed by atoms with Gasteiger partial charge >= 0.3 is 0 Å². The fourth-order valence-electron chi connectivity index (χ4n) is 2.83. The molecule has 5 nitrogen and oxygen atoms in total. The third-order valence-corrected chi connectivity index (χ3v) is 5.64. The van der Waals surface area contributed by atoms with Gasteiger partial charge in [-0.3, -0.25) is 4.79 Å². The molecule has 0 spiro atoms. The van der Waals surface area contributed by atoms with Gasteiger partial charge in [0.05, 0.1) is 4.90 Å². The number of unbranched alkanes of at least 4 members (excludes halogenated alkanes) is 3. The number of carbonyl (C=O) groups is 1. The molecule has 0 radical (unpaired) electrons. The van der Waals surface area contributed by atoms with Crippen LogP contribution in [-0.2, 0) is 14.8 Å². The summed E-state index contributed by atoms with van der Waals surface area (Å²) in [5.74, 6) is -0.119. The second-order valence-corrected chi connectivity index (χ2v) is 7.99. The van der Waals surface area contributed by atoms with Crippen LogP contribution < -0.4 is 10.0 Å². The van der Waals surface area contributed by atoms with Crippen LogP contribution in [0.5, 0.6) is 0 Å². The van der Waals surface area contributed by atoms with Gasteiger partial charge in [-0.1, -0.05) is 43.9 Å². The summed E-state index contributed by atoms with van der Waals surface area (Å²) >= 11 is 0. The minimum Gasteiger partial charge on any atom is -0.356 e. The average molecular weight is 355 g/mol. The van der Waals surface area contributed by atoms with Gasteiger partial charge < -0.3 is 5.32 Å². The zero-order valence-corrected chi connectivity index (χ0v) is 16.1. The number of sulfonamides is 1. The SMILES string of the molecule is CCCCCCNC(=O)CCNS(=O)(=O)c1c(C)cc(C)cc1C. The molecule has 1 aromatic rings. The lowest BCUT2D eigenvalue weighted by atomic mass is 10.1. The smallest absolute Gasteiger partial charge is 0.241 e. The van der Waals surface area contributed by atoms with Crippen molar-refractivity contribution in [2.45, 2.75) is 64.7 Å². The number of hydrogen-bond acceptors (Lipinski definition) is 3. The standard InChI is InChI=1S/C18H30N2O3S/c1-5-6-7-8-10-19-17(21)9-11-20-24(22,23)18-15(3)12-14(2)13-16(18)4/h12-13,20H,5-11H2,1-4H3,(H,19,21). The van der Waals surface area contributed by atoms with Crippen molar-refractivity contribution in [2.75, 3.05) is 13.1 Å². The first-order valence-electron chi connectivity index (χ1n) is 8.62. The number of amides is 1. The second kappa shape index (κ2) is 9.79. The molecule has 24 heavy (non-hydrogen) atoms. The minimum absolute atomic E-state index is 0.107. The molecule has 1 amide bonds. The van der Waals surface area contributed by atoms with Gasteiger partial charge in [0.15, 0.2) is 0 Å². The number of rotatable bonds is 10. The highest BCUT2D eigenvalue weighted by Crippen LogP contribution is 2.21. The number of carbonyl (C=O) groups excluding carboxylic acids is 1. The van der Waals surface area contributed by atoms with E-state index in [0.29, 0.717) is 11.4 Å². The topological polar surface area (TPSA) is 75.3 Å². The van der Waals surface area contributed by atoms with E-state index in [1.165, 1.54) is 6.42 Å². The molecule has 136 valence electrons. The Labute approximate surface area is 146 Å². The van der Waals surface area contributed by atoms with E-state index in [4.69, 9.17) is 0 Å². The second-order valence-electron chi connectivity index (χ2n) is 6.29. The molecule has 0 aliphatic rings. The number of aryl methyl sites for hydroxylation is 3. The van der Waals surface area contributed by atoms with E-state index in [2.05, 4.69) is 17.0 Å². The van der Waals surface area contributed by atoms with E-state index >= 15 is 0 Å². The van der Waals surface area contributed by atoms with E-state index in [1.54, 1.807) is 13.8 Å². The van der Waals surface area contributed by atoms with Crippen LogP contribution in [0.3, 0.4) is 0 Å². The molecule has 0 aliphatic heterocycles. The predicted octanol–water partition coefficient (Wildman–Crippen LogP) is 2.98. The molecule has 0 unspecified atom stereocenters. The van der Waals surface area contributed by atoms with Crippen LogP contribution in [0.15, 0.2) is 17.0 Å². The van der Waals surface area contributed by atoms with Gasteiger partial charge in [0.1, 0.15) is 0 Å². The summed E-state index contributed by atoms with van der Waals surface area (Å²) in [5.41, 5.74) is 2.48. The van der Waals surface area contributed by atoms with Crippen molar-refractivity contribution in [1.29, 1.82) is 0 Å². The number of nitrogens with one attached hydrogen (secondary N) is 2. The Morgan fingerprint density at radius 2 is 1.62 bits per heavy atom. The maximum Gasteiger partial charge on any atom is 0.241 e. The summed E-state index contributed by atoms with van der Waals surface area (Å²) in [6.45, 7) is 8.42. The molecule has 0 saturated carbocycles. The van der Waals surface area contributed by atoms with Crippen molar-refractivity contribution in [3.05, 3.63) is 28.8 Å². The minimum atomic E-state index is -3.60. The van der Waals surface area contributed by atoms with Crippen LogP contribution in [0.25, 0.3) is 0 Å². The number of hydrogen-bond donors (Lipinski definition) is 2. The number of benzene rings is 1. The zero-order chi connectivity index (χ0) is 18.2. The zero-order valence-electron chi connectivity index (χ0n) is 15.2. The largest absolute Gasteiger partial charge is 0.356 e. The van der Waals surface area contributed by atoms with Crippen molar-refractivity contribution in [3.63, 3.8) is 0 Å². The van der Waals surface area contributed by atoms with Gasteiger partial charge in [0, 0.05) is 19.5 Å². The molecule has 0 aromatic heterocycles. The molecule has 0 saturated heterocycles. The van der Waals surface area contributed by atoms with Crippen LogP contribution in [0.1, 0.15) is 55.7 Å². The Morgan fingerprint density at radius 3 is 2.21 bits per heavy atom. The molecule has 0 atom stereocenters. The highest BCUT2D eigenvalue weighted by molar-refractivity contribution is 7.89. The molecular weight excluding hydrogens is 324 g/mol. The first-order valence-corrected chi connectivity index (χ1v) is 10.1. The molecular formula is C18H30N2O3S. The maximum absolute atomic E-state index is 12.5. The Hall–Kier alpha value is -1.40. The lowest BCUT2D eigenvalue weighted by Gasteiger charge is -2.13. The summed E-state index contributed by atoms with van der Waals surface area (Å²) in [6, 6.07) is 3.70. The van der Waals surface area contributed by atoms with Gasteiger partial charge in [-0.25, -0.2) is 13.1 Å². The monoisotopic (exact) mass is 354 g/mol. The van der Waals surface area contributed by atoms with Crippen LogP contribution in [0.4, 0.5) is 0 Å². The van der Waals surface area contributed by atoms with Crippen molar-refractivity contribution in [3.8, 4) is 0 Å². The first kappa shape index (κ1) is 20.6. The first-order chi connectivity index (χ1) is 11.3. The Balaban J connectivity index is 2.48. The molecule has 0 bridgehead atoms. The summed E-state index contributed by atoms with van der Waals surface area (Å²) in [6.07, 6.45) is 4.55. The molecule has 6 heteroatoms. The van der Waals surface area contributed by atoms with Crippen molar-refractivity contribution < 1.29 is 13.2 Å². The highest BCUT2D eigenvalue weighted by atomic mass is 32.2. The third kappa shape index (κ3) is 6.61. The van der Waals surface area contributed by atoms with Crippen LogP contribution in [0.2, 0.25) is 0 Å². The van der Waals surface area contributed by atoms with E-state index in [-0.39, 0.29) is 18.9 Å². The van der Waals surface area contributed by atoms with Crippen LogP contribution >= 0.6 is 0 Å². The highest BCUT2D eigenvalue weighted by Gasteiger charge is 2.19. The fourth-order valence-corrected chi connectivity index (χ4v) is 4.31. The average Bonchev–Trinajstić information content (AvgIpc) is 2.45. The van der Waals surface area contributed by atoms with Crippen LogP contribution in [-0.4, -0.2) is 27.4 Å². The molecule has 0 fully saturated rings. The summed E-state index contributed by atoms with van der Waals surface area (Å²) in [5, 5.41) is 2.82. The maximum atomic E-state index is 12.5. The quantitative estimate of drug-likeness (QED) is 0.634. The molecule has 1 rings (SSSR count). The van der Waals surface area contributed by atoms with Crippen LogP contribution in [0, 0.1) is 20.8 Å². The molecule has 0 heterocycles. The lowest BCUT2D eigenvalue weighted by Crippen LogP contribution is -2.31. The fraction of sp³-hybridized carbons (Fsp3) is 0.611. The van der Waals surface area contributed by atoms with E-state index in [9.17, 15) is 13.2 Å². The van der Waals surface area contributed by atoms with E-state index in [1.807, 2.05) is 19.1 Å². The van der Waals surface area contributed by atoms with Crippen molar-refractivity contribution >= 4 is 15.9 Å². The van der Waals surface area contributed by atoms with Gasteiger partial charge in [-0.15, -0.1) is 0 Å². The summed E-state index contributed by atoms with van der Waals surface area (Å²) in [4.78, 5) is 12.0. The van der Waals surface area contributed by atoms with Gasteiger partial charge in [-0.2, -0.15) is 0 Å². The van der Waals surface area contributed by atoms with Crippen molar-refractivity contribution in [2.24, 2.45) is 0 Å². The Bertz CT molecular complexity index is 631. The van der Waals surface area contributed by atoms with Crippen molar-refractivity contribution in [1.82, 2.24) is 10.0 Å². The Kier molecular flexibility index (Phi) is 8.42. The third-order valence-electron chi connectivity index (χ3n) is 3.87. The Morgan fingerprint density at radius 1 is 1.00 bits per heavy atom. The summed E-state index contributed by atoms with van der Waals surface area (Å²) < 4.78 is 27.4. The van der Waals surface area contributed by atoms with Gasteiger partial charge in [0.2, 0.25) is 15.9 Å². The van der Waals surface area contributed by atoms with Gasteiger partial charge in [-0.05, 0) is 38.3 Å². The van der Waals surface area contributed by atoms with E-state index in [0.717, 1.165) is 36.0 Å². The predicted molar refractivity (Wildman–Crippen MR) is 97.6 cm³/mol. The molecule has 0 aliphatic carbocycles. The summed E-state index contributed by atoms with van der Waals surface area (Å²) in [7, 11) is -3.60. The van der Waals surface area contributed by atoms with Gasteiger partial charge in [0.25, 0.3) is 0 Å². The molecule has 2 N–H and O–H groups in total. The molecule has 1 aromatic carbocycles. The van der Waals surface area contributed by atoms with E-state index < -0.39 is 10.0 Å². The lowest BCUT2D eigenvalue weighted by molar-refractivity contribution is -0.120. The normalized spacial score (nSPS) is 11.5.